The first-order chi connectivity index (χ1) is 11.9. The molecule has 1 heterocycles. The molecule has 1 aromatic carbocycles. The average molecular weight is 345 g/mol. The van der Waals surface area contributed by atoms with Crippen LogP contribution in [0, 0.1) is 0 Å². The standard InChI is InChI=1S/C21H31NO3/c1-5-6-7-8-12-15-17-18(20(23)25-21(2,3)4)24-19(22-17)16-13-10-9-11-14-16/h9-11,13-14,17-18H,5-8,12,15H2,1-4H3/t17-,18+/m1/s1. The highest BCUT2D eigenvalue weighted by atomic mass is 16.6. The van der Waals surface area contributed by atoms with Crippen LogP contribution in [0.4, 0.5) is 0 Å². The van der Waals surface area contributed by atoms with Crippen LogP contribution in [0.25, 0.3) is 0 Å². The molecule has 0 amide bonds. The minimum Gasteiger partial charge on any atom is -0.460 e. The van der Waals surface area contributed by atoms with E-state index in [1.807, 2.05) is 51.1 Å². The average Bonchev–Trinajstić information content (AvgIpc) is 2.98. The van der Waals surface area contributed by atoms with E-state index < -0.39 is 11.7 Å². The zero-order valence-corrected chi connectivity index (χ0v) is 16.0. The maximum Gasteiger partial charge on any atom is 0.350 e. The smallest absolute Gasteiger partial charge is 0.350 e. The van der Waals surface area contributed by atoms with Gasteiger partial charge in [-0.15, -0.1) is 0 Å². The normalized spacial score (nSPS) is 20.1. The van der Waals surface area contributed by atoms with Gasteiger partial charge in [-0.3, -0.25) is 0 Å². The number of esters is 1. The second kappa shape index (κ2) is 9.02. The van der Waals surface area contributed by atoms with Gasteiger partial charge in [-0.25, -0.2) is 9.79 Å². The molecule has 4 heteroatoms. The van der Waals surface area contributed by atoms with Crippen molar-refractivity contribution in [3.63, 3.8) is 0 Å². The second-order valence-electron chi connectivity index (χ2n) is 7.64. The van der Waals surface area contributed by atoms with Crippen molar-refractivity contribution < 1.29 is 14.3 Å². The lowest BCUT2D eigenvalue weighted by Crippen LogP contribution is -2.38. The number of rotatable bonds is 8. The fraction of sp³-hybridized carbons (Fsp3) is 0.619. The molecular weight excluding hydrogens is 314 g/mol. The van der Waals surface area contributed by atoms with E-state index in [0.717, 1.165) is 18.4 Å². The van der Waals surface area contributed by atoms with Crippen LogP contribution < -0.4 is 0 Å². The van der Waals surface area contributed by atoms with Crippen LogP contribution in [0.3, 0.4) is 0 Å². The van der Waals surface area contributed by atoms with Gasteiger partial charge in [-0.05, 0) is 39.3 Å². The Balaban J connectivity index is 2.04. The molecule has 1 aliphatic rings. The molecule has 2 rings (SSSR count). The van der Waals surface area contributed by atoms with Crippen LogP contribution in [0.2, 0.25) is 0 Å². The molecule has 1 aromatic rings. The molecular formula is C21H31NO3. The van der Waals surface area contributed by atoms with E-state index in [0.29, 0.717) is 5.90 Å². The summed E-state index contributed by atoms with van der Waals surface area (Å²) in [6.45, 7) is 7.83. The molecule has 0 bridgehead atoms. The molecule has 0 aliphatic carbocycles. The van der Waals surface area contributed by atoms with E-state index in [1.165, 1.54) is 25.7 Å². The lowest BCUT2D eigenvalue weighted by atomic mass is 10.0. The number of aliphatic imine (C=N–C) groups is 1. The second-order valence-corrected chi connectivity index (χ2v) is 7.64. The summed E-state index contributed by atoms with van der Waals surface area (Å²) in [7, 11) is 0. The number of carbonyl (C=O) groups is 1. The van der Waals surface area contributed by atoms with E-state index in [2.05, 4.69) is 6.92 Å². The third kappa shape index (κ3) is 6.18. The molecule has 4 nitrogen and oxygen atoms in total. The van der Waals surface area contributed by atoms with Gasteiger partial charge < -0.3 is 9.47 Å². The fourth-order valence-corrected chi connectivity index (χ4v) is 2.91. The Morgan fingerprint density at radius 2 is 1.80 bits per heavy atom. The van der Waals surface area contributed by atoms with E-state index >= 15 is 0 Å². The first-order valence-electron chi connectivity index (χ1n) is 9.43. The summed E-state index contributed by atoms with van der Waals surface area (Å²) in [6, 6.07) is 9.59. The number of benzene rings is 1. The highest BCUT2D eigenvalue weighted by Gasteiger charge is 2.39. The van der Waals surface area contributed by atoms with Crippen molar-refractivity contribution in [2.75, 3.05) is 0 Å². The summed E-state index contributed by atoms with van der Waals surface area (Å²) in [5.41, 5.74) is 0.381. The number of nitrogens with zero attached hydrogens (tertiary/aromatic N) is 1. The number of unbranched alkanes of at least 4 members (excludes halogenated alkanes) is 4. The van der Waals surface area contributed by atoms with Crippen molar-refractivity contribution in [1.82, 2.24) is 0 Å². The van der Waals surface area contributed by atoms with E-state index in [1.54, 1.807) is 0 Å². The Hall–Kier alpha value is -1.84. The van der Waals surface area contributed by atoms with Gasteiger partial charge >= 0.3 is 5.97 Å². The Morgan fingerprint density at radius 1 is 1.12 bits per heavy atom. The van der Waals surface area contributed by atoms with Gasteiger partial charge in [-0.2, -0.15) is 0 Å². The molecule has 0 aromatic heterocycles. The zero-order valence-electron chi connectivity index (χ0n) is 16.0. The first-order valence-corrected chi connectivity index (χ1v) is 9.43. The fourth-order valence-electron chi connectivity index (χ4n) is 2.91. The summed E-state index contributed by atoms with van der Waals surface area (Å²) in [5, 5.41) is 0. The molecule has 25 heavy (non-hydrogen) atoms. The van der Waals surface area contributed by atoms with Crippen molar-refractivity contribution in [3.05, 3.63) is 35.9 Å². The third-order valence-corrected chi connectivity index (χ3v) is 4.13. The van der Waals surface area contributed by atoms with Crippen molar-refractivity contribution in [2.24, 2.45) is 4.99 Å². The molecule has 0 saturated heterocycles. The lowest BCUT2D eigenvalue weighted by molar-refractivity contribution is -0.164. The molecule has 138 valence electrons. The quantitative estimate of drug-likeness (QED) is 0.497. The number of hydrogen-bond acceptors (Lipinski definition) is 4. The molecule has 0 radical (unpaired) electrons. The maximum absolute atomic E-state index is 12.6. The molecule has 2 atom stereocenters. The third-order valence-electron chi connectivity index (χ3n) is 4.13. The van der Waals surface area contributed by atoms with Crippen LogP contribution in [0.5, 0.6) is 0 Å². The van der Waals surface area contributed by atoms with Gasteiger partial charge in [0.1, 0.15) is 11.6 Å². The Labute approximate surface area is 151 Å². The summed E-state index contributed by atoms with van der Waals surface area (Å²) < 4.78 is 11.5. The highest BCUT2D eigenvalue weighted by molar-refractivity contribution is 5.97. The number of carbonyl (C=O) groups excluding carboxylic acids is 1. The molecule has 0 saturated carbocycles. The van der Waals surface area contributed by atoms with E-state index in [4.69, 9.17) is 14.5 Å². The van der Waals surface area contributed by atoms with Crippen molar-refractivity contribution >= 4 is 11.9 Å². The minimum absolute atomic E-state index is 0.160. The zero-order chi connectivity index (χ0) is 18.3. The van der Waals surface area contributed by atoms with Gasteiger partial charge in [0.05, 0.1) is 0 Å². The highest BCUT2D eigenvalue weighted by Crippen LogP contribution is 2.25. The molecule has 0 fully saturated rings. The first kappa shape index (κ1) is 19.5. The molecule has 0 spiro atoms. The Kier molecular flexibility index (Phi) is 7.03. The van der Waals surface area contributed by atoms with Crippen LogP contribution in [-0.2, 0) is 14.3 Å². The van der Waals surface area contributed by atoms with Crippen molar-refractivity contribution in [1.29, 1.82) is 0 Å². The van der Waals surface area contributed by atoms with Gasteiger partial charge in [0.2, 0.25) is 12.0 Å². The summed E-state index contributed by atoms with van der Waals surface area (Å²) in [4.78, 5) is 17.3. The molecule has 0 N–H and O–H groups in total. The molecule has 0 unspecified atom stereocenters. The van der Waals surface area contributed by atoms with E-state index in [9.17, 15) is 4.79 Å². The maximum atomic E-state index is 12.6. The van der Waals surface area contributed by atoms with Crippen LogP contribution in [0.15, 0.2) is 35.3 Å². The summed E-state index contributed by atoms with van der Waals surface area (Å²) in [5.74, 6) is 0.232. The molecule has 1 aliphatic heterocycles. The number of hydrogen-bond donors (Lipinski definition) is 0. The van der Waals surface area contributed by atoms with Gasteiger partial charge in [0.15, 0.2) is 0 Å². The summed E-state index contributed by atoms with van der Waals surface area (Å²) in [6.07, 6.45) is 6.15. The SMILES string of the molecule is CCCCCCC[C@H]1N=C(c2ccccc2)O[C@@H]1C(=O)OC(C)(C)C. The van der Waals surface area contributed by atoms with Crippen molar-refractivity contribution in [2.45, 2.75) is 84.0 Å². The predicted octanol–water partition coefficient (Wildman–Crippen LogP) is 4.90. The largest absolute Gasteiger partial charge is 0.460 e. The topological polar surface area (TPSA) is 47.9 Å². The van der Waals surface area contributed by atoms with Crippen LogP contribution in [0.1, 0.15) is 71.8 Å². The van der Waals surface area contributed by atoms with Crippen molar-refractivity contribution in [3.8, 4) is 0 Å². The van der Waals surface area contributed by atoms with Crippen LogP contribution in [-0.4, -0.2) is 29.6 Å². The Bertz CT molecular complexity index is 575. The predicted molar refractivity (Wildman–Crippen MR) is 101 cm³/mol. The monoisotopic (exact) mass is 345 g/mol. The Morgan fingerprint density at radius 3 is 2.44 bits per heavy atom. The van der Waals surface area contributed by atoms with Gasteiger partial charge in [0.25, 0.3) is 0 Å². The summed E-state index contributed by atoms with van der Waals surface area (Å²) >= 11 is 0. The van der Waals surface area contributed by atoms with Gasteiger partial charge in [-0.1, -0.05) is 57.2 Å². The van der Waals surface area contributed by atoms with Crippen LogP contribution >= 0.6 is 0 Å². The number of ether oxygens (including phenoxy) is 2. The minimum atomic E-state index is -0.638. The van der Waals surface area contributed by atoms with Gasteiger partial charge in [0, 0.05) is 5.56 Å². The van der Waals surface area contributed by atoms with E-state index in [-0.39, 0.29) is 12.0 Å². The lowest BCUT2D eigenvalue weighted by Gasteiger charge is -2.24.